The molecule has 1 aliphatic heterocycles. The summed E-state index contributed by atoms with van der Waals surface area (Å²) in [5.41, 5.74) is 6.36. The van der Waals surface area contributed by atoms with Crippen LogP contribution in [0.2, 0.25) is 0 Å². The van der Waals surface area contributed by atoms with Crippen molar-refractivity contribution in [2.45, 2.75) is 19.9 Å². The molecule has 0 spiro atoms. The average molecular weight is 113 g/mol. The Balaban J connectivity index is 2.36. The first-order valence-corrected chi connectivity index (χ1v) is 2.58. The van der Waals surface area contributed by atoms with Crippen molar-refractivity contribution in [3.8, 4) is 0 Å². The summed E-state index contributed by atoms with van der Waals surface area (Å²) in [7, 11) is 0. The molecule has 1 rings (SSSR count). The van der Waals surface area contributed by atoms with Crippen molar-refractivity contribution in [2.24, 2.45) is 5.10 Å². The van der Waals surface area contributed by atoms with E-state index in [0.29, 0.717) is 6.04 Å². The van der Waals surface area contributed by atoms with Gasteiger partial charge in [-0.2, -0.15) is 0 Å². The first kappa shape index (κ1) is 5.37. The molecule has 0 unspecified atom stereocenters. The highest BCUT2D eigenvalue weighted by Gasteiger charge is 1.97. The molecule has 0 saturated heterocycles. The number of hydrazone groups is 1. The van der Waals surface area contributed by atoms with E-state index < -0.39 is 0 Å². The van der Waals surface area contributed by atoms with Gasteiger partial charge in [0.15, 0.2) is 0 Å². The van der Waals surface area contributed by atoms with Crippen molar-refractivity contribution >= 4 is 6.34 Å². The Bertz CT molecular complexity index is 98.2. The van der Waals surface area contributed by atoms with Crippen LogP contribution in [0.3, 0.4) is 0 Å². The van der Waals surface area contributed by atoms with E-state index in [2.05, 4.69) is 16.1 Å². The molecule has 0 aromatic rings. The standard InChI is InChI=1S/C4H9N4/c1-4(2)8-6-3-5-7-8/h3-4,7H,1-2H3/q-1. The van der Waals surface area contributed by atoms with Gasteiger partial charge in [0.05, 0.1) is 0 Å². The molecule has 0 fully saturated rings. The molecular weight excluding hydrogens is 104 g/mol. The van der Waals surface area contributed by atoms with Crippen molar-refractivity contribution in [2.75, 3.05) is 0 Å². The molecule has 0 aromatic heterocycles. The predicted octanol–water partition coefficient (Wildman–Crippen LogP) is 0.447. The molecule has 0 aliphatic carbocycles. The Kier molecular flexibility index (Phi) is 1.34. The number of hydrogen-bond acceptors (Lipinski definition) is 3. The van der Waals surface area contributed by atoms with Gasteiger partial charge >= 0.3 is 0 Å². The highest BCUT2D eigenvalue weighted by molar-refractivity contribution is 5.69. The SMILES string of the molecule is CC(C)N1N=C[N-]N1. The van der Waals surface area contributed by atoms with Crippen molar-refractivity contribution in [3.05, 3.63) is 5.43 Å². The Labute approximate surface area is 48.5 Å². The summed E-state index contributed by atoms with van der Waals surface area (Å²) in [5.74, 6) is 0. The Morgan fingerprint density at radius 1 is 1.75 bits per heavy atom. The summed E-state index contributed by atoms with van der Waals surface area (Å²) in [5, 5.41) is 5.55. The molecule has 4 heteroatoms. The Morgan fingerprint density at radius 2 is 2.50 bits per heavy atom. The van der Waals surface area contributed by atoms with Crippen LogP contribution in [0.5, 0.6) is 0 Å². The topological polar surface area (TPSA) is 41.7 Å². The van der Waals surface area contributed by atoms with Gasteiger partial charge in [-0.05, 0) is 13.8 Å². The number of hydrogen-bond donors (Lipinski definition) is 1. The maximum Gasteiger partial charge on any atom is 0.0384 e. The molecule has 0 aromatic carbocycles. The lowest BCUT2D eigenvalue weighted by Crippen LogP contribution is -2.31. The fraction of sp³-hybridized carbons (Fsp3) is 0.750. The number of nitrogens with zero attached hydrogens (tertiary/aromatic N) is 3. The zero-order valence-corrected chi connectivity index (χ0v) is 5.00. The third kappa shape index (κ3) is 0.894. The van der Waals surface area contributed by atoms with Crippen molar-refractivity contribution in [3.63, 3.8) is 0 Å². The van der Waals surface area contributed by atoms with Gasteiger partial charge in [-0.3, -0.25) is 0 Å². The van der Waals surface area contributed by atoms with Crippen LogP contribution in [0.25, 0.3) is 5.43 Å². The smallest absolute Gasteiger partial charge is 0.0384 e. The minimum Gasteiger partial charge on any atom is -0.389 e. The number of rotatable bonds is 1. The summed E-state index contributed by atoms with van der Waals surface area (Å²) in [6.45, 7) is 4.07. The van der Waals surface area contributed by atoms with Gasteiger partial charge in [-0.25, -0.2) is 5.53 Å². The predicted molar refractivity (Wildman–Crippen MR) is 32.0 cm³/mol. The van der Waals surface area contributed by atoms with Gasteiger partial charge in [-0.15, -0.1) is 0 Å². The van der Waals surface area contributed by atoms with Gasteiger partial charge in [0.1, 0.15) is 0 Å². The molecule has 0 atom stereocenters. The lowest BCUT2D eigenvalue weighted by molar-refractivity contribution is 0.192. The van der Waals surface area contributed by atoms with E-state index in [9.17, 15) is 0 Å². The third-order valence-electron chi connectivity index (χ3n) is 0.883. The molecule has 1 heterocycles. The lowest BCUT2D eigenvalue weighted by atomic mass is 10.4. The third-order valence-corrected chi connectivity index (χ3v) is 0.883. The van der Waals surface area contributed by atoms with Crippen LogP contribution in [0.4, 0.5) is 0 Å². The molecule has 0 amide bonds. The van der Waals surface area contributed by atoms with Crippen molar-refractivity contribution in [1.82, 2.24) is 10.7 Å². The highest BCUT2D eigenvalue weighted by Crippen LogP contribution is 1.99. The normalized spacial score (nSPS) is 17.6. The number of hydrazine groups is 1. The van der Waals surface area contributed by atoms with E-state index in [4.69, 9.17) is 0 Å². The average Bonchev–Trinajstić information content (AvgIpc) is 2.12. The van der Waals surface area contributed by atoms with E-state index in [1.807, 2.05) is 13.8 Å². The van der Waals surface area contributed by atoms with Crippen LogP contribution in [0.15, 0.2) is 5.10 Å². The van der Waals surface area contributed by atoms with Gasteiger partial charge in [0.2, 0.25) is 0 Å². The van der Waals surface area contributed by atoms with Crippen LogP contribution in [0.1, 0.15) is 13.8 Å². The molecule has 0 bridgehead atoms. The van der Waals surface area contributed by atoms with Gasteiger partial charge in [0, 0.05) is 6.04 Å². The zero-order valence-electron chi connectivity index (χ0n) is 5.00. The van der Waals surface area contributed by atoms with E-state index in [-0.39, 0.29) is 0 Å². The zero-order chi connectivity index (χ0) is 5.98. The summed E-state index contributed by atoms with van der Waals surface area (Å²) < 4.78 is 0. The first-order chi connectivity index (χ1) is 3.80. The summed E-state index contributed by atoms with van der Waals surface area (Å²) in [6, 6.07) is 0.373. The first-order valence-electron chi connectivity index (χ1n) is 2.58. The lowest BCUT2D eigenvalue weighted by Gasteiger charge is -2.25. The molecule has 0 radical (unpaired) electrons. The fourth-order valence-corrected chi connectivity index (χ4v) is 0.441. The molecule has 8 heavy (non-hydrogen) atoms. The minimum absolute atomic E-state index is 0.373. The summed E-state index contributed by atoms with van der Waals surface area (Å²) >= 11 is 0. The molecule has 4 nitrogen and oxygen atoms in total. The Morgan fingerprint density at radius 3 is 2.75 bits per heavy atom. The summed E-state index contributed by atoms with van der Waals surface area (Å²) in [4.78, 5) is 0. The second-order valence-electron chi connectivity index (χ2n) is 1.90. The van der Waals surface area contributed by atoms with Crippen LogP contribution in [-0.2, 0) is 0 Å². The number of nitrogens with one attached hydrogen (secondary N) is 1. The maximum absolute atomic E-state index is 3.87. The van der Waals surface area contributed by atoms with Gasteiger partial charge < -0.3 is 15.6 Å². The van der Waals surface area contributed by atoms with Crippen LogP contribution in [-0.4, -0.2) is 17.5 Å². The fourth-order valence-electron chi connectivity index (χ4n) is 0.441. The summed E-state index contributed by atoms with van der Waals surface area (Å²) in [6.07, 6.45) is 1.49. The molecule has 46 valence electrons. The molecule has 1 N–H and O–H groups in total. The van der Waals surface area contributed by atoms with Gasteiger partial charge in [-0.1, -0.05) is 6.34 Å². The van der Waals surface area contributed by atoms with Crippen molar-refractivity contribution in [1.29, 1.82) is 0 Å². The van der Waals surface area contributed by atoms with E-state index >= 15 is 0 Å². The Hall–Kier alpha value is -0.770. The van der Waals surface area contributed by atoms with Crippen molar-refractivity contribution < 1.29 is 0 Å². The second kappa shape index (κ2) is 2.00. The van der Waals surface area contributed by atoms with Crippen LogP contribution in [0, 0.1) is 0 Å². The van der Waals surface area contributed by atoms with Crippen LogP contribution >= 0.6 is 0 Å². The maximum atomic E-state index is 3.87. The molecule has 0 saturated carbocycles. The second-order valence-corrected chi connectivity index (χ2v) is 1.90. The molecule has 1 aliphatic rings. The molecular formula is C4H9N4-. The van der Waals surface area contributed by atoms with E-state index in [0.717, 1.165) is 0 Å². The minimum atomic E-state index is 0.373. The van der Waals surface area contributed by atoms with Gasteiger partial charge in [0.25, 0.3) is 0 Å². The van der Waals surface area contributed by atoms with Crippen LogP contribution < -0.4 is 5.53 Å². The van der Waals surface area contributed by atoms with E-state index in [1.54, 1.807) is 5.12 Å². The monoisotopic (exact) mass is 113 g/mol. The largest absolute Gasteiger partial charge is 0.389 e. The quantitative estimate of drug-likeness (QED) is 0.536. The highest BCUT2D eigenvalue weighted by atomic mass is 15.9. The van der Waals surface area contributed by atoms with E-state index in [1.165, 1.54) is 6.34 Å².